The summed E-state index contributed by atoms with van der Waals surface area (Å²) >= 11 is 0. The maximum absolute atomic E-state index is 12.5. The third kappa shape index (κ3) is 3.92. The minimum atomic E-state index is -0.0517. The van der Waals surface area contributed by atoms with Crippen LogP contribution in [0.2, 0.25) is 0 Å². The number of aromatic nitrogens is 3. The van der Waals surface area contributed by atoms with E-state index in [1.165, 1.54) is 0 Å². The van der Waals surface area contributed by atoms with Gasteiger partial charge in [-0.2, -0.15) is 0 Å². The number of unbranched alkanes of at least 4 members (excludes halogenated alkanes) is 1. The van der Waals surface area contributed by atoms with E-state index in [1.54, 1.807) is 0 Å². The minimum absolute atomic E-state index is 0.0102. The van der Waals surface area contributed by atoms with Gasteiger partial charge >= 0.3 is 6.03 Å². The molecule has 0 bridgehead atoms. The Morgan fingerprint density at radius 3 is 2.78 bits per heavy atom. The van der Waals surface area contributed by atoms with Gasteiger partial charge in [-0.25, -0.2) is 4.79 Å². The molecule has 1 N–H and O–H groups in total. The zero-order valence-electron chi connectivity index (χ0n) is 14.7. The number of nitrogens with zero attached hydrogens (tertiary/aromatic N) is 4. The molecule has 6 nitrogen and oxygen atoms in total. The minimum Gasteiger partial charge on any atom is -0.336 e. The Labute approximate surface area is 139 Å². The number of rotatable bonds is 6. The standard InChI is InChI=1S/C17H29N5O/c1-6-7-8-9-13(4)18-17(23)21-10-11-22-15(12(2)3)19-20-16(22)14(21)5/h6,12-14H,1,7-11H2,2-5H3,(H,18,23)/t13-,14-/m0/s1. The van der Waals surface area contributed by atoms with E-state index < -0.39 is 0 Å². The first-order valence-electron chi connectivity index (χ1n) is 8.56. The van der Waals surface area contributed by atoms with E-state index in [4.69, 9.17) is 0 Å². The average molecular weight is 319 g/mol. The molecule has 0 unspecified atom stereocenters. The van der Waals surface area contributed by atoms with Crippen LogP contribution in [0.5, 0.6) is 0 Å². The third-order valence-corrected chi connectivity index (χ3v) is 4.41. The maximum Gasteiger partial charge on any atom is 0.318 e. The normalized spacial score (nSPS) is 18.7. The third-order valence-electron chi connectivity index (χ3n) is 4.41. The first kappa shape index (κ1) is 17.5. The number of hydrogen-bond donors (Lipinski definition) is 1. The summed E-state index contributed by atoms with van der Waals surface area (Å²) in [6.07, 6.45) is 4.92. The summed E-state index contributed by atoms with van der Waals surface area (Å²) in [5.74, 6) is 2.23. The van der Waals surface area contributed by atoms with Crippen molar-refractivity contribution in [1.29, 1.82) is 0 Å². The van der Waals surface area contributed by atoms with Gasteiger partial charge in [-0.1, -0.05) is 19.9 Å². The number of hydrogen-bond acceptors (Lipinski definition) is 3. The second kappa shape index (κ2) is 7.62. The second-order valence-corrected chi connectivity index (χ2v) is 6.66. The van der Waals surface area contributed by atoms with Crippen LogP contribution in [-0.2, 0) is 6.54 Å². The fourth-order valence-corrected chi connectivity index (χ4v) is 3.05. The van der Waals surface area contributed by atoms with E-state index >= 15 is 0 Å². The second-order valence-electron chi connectivity index (χ2n) is 6.66. The molecule has 2 heterocycles. The molecule has 1 aliphatic heterocycles. The zero-order valence-corrected chi connectivity index (χ0v) is 14.7. The molecule has 0 spiro atoms. The van der Waals surface area contributed by atoms with Crippen LogP contribution >= 0.6 is 0 Å². The highest BCUT2D eigenvalue weighted by atomic mass is 16.2. The Balaban J connectivity index is 1.99. The Bertz CT molecular complexity index is 551. The summed E-state index contributed by atoms with van der Waals surface area (Å²) in [6, 6.07) is 0.105. The molecule has 1 aliphatic rings. The van der Waals surface area contributed by atoms with Crippen LogP contribution in [0.3, 0.4) is 0 Å². The van der Waals surface area contributed by atoms with E-state index in [1.807, 2.05) is 17.9 Å². The molecular formula is C17H29N5O. The van der Waals surface area contributed by atoms with Crippen molar-refractivity contribution >= 4 is 6.03 Å². The van der Waals surface area contributed by atoms with Gasteiger partial charge in [0.2, 0.25) is 0 Å². The smallest absolute Gasteiger partial charge is 0.318 e. The lowest BCUT2D eigenvalue weighted by Gasteiger charge is -2.34. The lowest BCUT2D eigenvalue weighted by atomic mass is 10.1. The van der Waals surface area contributed by atoms with Gasteiger partial charge in [0.25, 0.3) is 0 Å². The fourth-order valence-electron chi connectivity index (χ4n) is 3.05. The van der Waals surface area contributed by atoms with Gasteiger partial charge < -0.3 is 14.8 Å². The Kier molecular flexibility index (Phi) is 5.80. The molecule has 23 heavy (non-hydrogen) atoms. The molecule has 0 aliphatic carbocycles. The van der Waals surface area contributed by atoms with Crippen LogP contribution < -0.4 is 5.32 Å². The first-order chi connectivity index (χ1) is 11.0. The van der Waals surface area contributed by atoms with Crippen LogP contribution in [0.4, 0.5) is 4.79 Å². The topological polar surface area (TPSA) is 63.1 Å². The molecule has 128 valence electrons. The summed E-state index contributed by atoms with van der Waals surface area (Å²) in [6.45, 7) is 13.5. The van der Waals surface area contributed by atoms with Crippen LogP contribution in [0.25, 0.3) is 0 Å². The van der Waals surface area contributed by atoms with Gasteiger partial charge in [-0.3, -0.25) is 0 Å². The predicted octanol–water partition coefficient (Wildman–Crippen LogP) is 3.23. The number of carbonyl (C=O) groups is 1. The molecule has 2 rings (SSSR count). The Morgan fingerprint density at radius 2 is 2.13 bits per heavy atom. The van der Waals surface area contributed by atoms with Gasteiger partial charge in [0, 0.05) is 25.0 Å². The van der Waals surface area contributed by atoms with Gasteiger partial charge in [-0.05, 0) is 33.1 Å². The average Bonchev–Trinajstić information content (AvgIpc) is 2.92. The number of amides is 2. The zero-order chi connectivity index (χ0) is 17.0. The van der Waals surface area contributed by atoms with Crippen molar-refractivity contribution in [2.75, 3.05) is 6.54 Å². The van der Waals surface area contributed by atoms with E-state index in [0.717, 1.165) is 37.5 Å². The molecule has 0 saturated carbocycles. The van der Waals surface area contributed by atoms with Crippen molar-refractivity contribution in [3.63, 3.8) is 0 Å². The highest BCUT2D eigenvalue weighted by Crippen LogP contribution is 2.26. The number of carbonyl (C=O) groups excluding carboxylic acids is 1. The van der Waals surface area contributed by atoms with Crippen LogP contribution in [0.1, 0.15) is 70.6 Å². The lowest BCUT2D eigenvalue weighted by Crippen LogP contribution is -2.48. The Morgan fingerprint density at radius 1 is 1.39 bits per heavy atom. The molecule has 1 aromatic rings. The van der Waals surface area contributed by atoms with E-state index in [0.29, 0.717) is 12.5 Å². The quantitative estimate of drug-likeness (QED) is 0.647. The number of fused-ring (bicyclic) bond motifs is 1. The van der Waals surface area contributed by atoms with E-state index in [-0.39, 0.29) is 18.1 Å². The van der Waals surface area contributed by atoms with E-state index in [9.17, 15) is 4.79 Å². The lowest BCUT2D eigenvalue weighted by molar-refractivity contribution is 0.156. The summed E-state index contributed by atoms with van der Waals surface area (Å²) in [4.78, 5) is 14.4. The van der Waals surface area contributed by atoms with Gasteiger partial charge in [0.15, 0.2) is 5.82 Å². The highest BCUT2D eigenvalue weighted by Gasteiger charge is 2.32. The van der Waals surface area contributed by atoms with Crippen LogP contribution in [-0.4, -0.2) is 38.3 Å². The van der Waals surface area contributed by atoms with Crippen molar-refractivity contribution in [1.82, 2.24) is 25.0 Å². The summed E-state index contributed by atoms with van der Waals surface area (Å²) in [5.41, 5.74) is 0. The van der Waals surface area contributed by atoms with Crippen molar-refractivity contribution in [3.8, 4) is 0 Å². The Hall–Kier alpha value is -1.85. The monoisotopic (exact) mass is 319 g/mol. The summed E-state index contributed by atoms with van der Waals surface area (Å²) in [5, 5.41) is 11.7. The van der Waals surface area contributed by atoms with Crippen molar-refractivity contribution < 1.29 is 4.79 Å². The molecule has 0 fully saturated rings. The molecule has 6 heteroatoms. The molecule has 2 atom stereocenters. The van der Waals surface area contributed by atoms with Gasteiger partial charge in [-0.15, -0.1) is 16.8 Å². The SMILES string of the molecule is C=CCCC[C@H](C)NC(=O)N1CCn2c(C(C)C)nnc2[C@@H]1C. The van der Waals surface area contributed by atoms with Crippen LogP contribution in [0.15, 0.2) is 12.7 Å². The van der Waals surface area contributed by atoms with E-state index in [2.05, 4.69) is 47.4 Å². The molecule has 0 saturated heterocycles. The first-order valence-corrected chi connectivity index (χ1v) is 8.56. The van der Waals surface area contributed by atoms with Crippen LogP contribution in [0, 0.1) is 0 Å². The molecule has 0 radical (unpaired) electrons. The van der Waals surface area contributed by atoms with Crippen molar-refractivity contribution in [2.45, 2.75) is 71.5 Å². The van der Waals surface area contributed by atoms with Crippen molar-refractivity contribution in [2.24, 2.45) is 0 Å². The largest absolute Gasteiger partial charge is 0.336 e. The highest BCUT2D eigenvalue weighted by molar-refractivity contribution is 5.75. The molecule has 2 amide bonds. The number of allylic oxidation sites excluding steroid dienone is 1. The van der Waals surface area contributed by atoms with Gasteiger partial charge in [0.1, 0.15) is 5.82 Å². The predicted molar refractivity (Wildman–Crippen MR) is 91.3 cm³/mol. The molecular weight excluding hydrogens is 290 g/mol. The summed E-state index contributed by atoms with van der Waals surface area (Å²) < 4.78 is 2.16. The van der Waals surface area contributed by atoms with Crippen molar-refractivity contribution in [3.05, 3.63) is 24.3 Å². The summed E-state index contributed by atoms with van der Waals surface area (Å²) in [7, 11) is 0. The molecule has 0 aromatic carbocycles. The molecule has 1 aromatic heterocycles. The van der Waals surface area contributed by atoms with Gasteiger partial charge in [0.05, 0.1) is 6.04 Å². The number of nitrogens with one attached hydrogen (secondary N) is 1. The fraction of sp³-hybridized carbons (Fsp3) is 0.706. The number of urea groups is 1. The maximum atomic E-state index is 12.5.